The summed E-state index contributed by atoms with van der Waals surface area (Å²) < 4.78 is 11.5. The minimum atomic E-state index is 0.225. The third-order valence-electron chi connectivity index (χ3n) is 7.35. The highest BCUT2D eigenvalue weighted by Crippen LogP contribution is 2.32. The second-order valence-corrected chi connectivity index (χ2v) is 10.3. The van der Waals surface area contributed by atoms with Gasteiger partial charge >= 0.3 is 0 Å². The second-order valence-electron chi connectivity index (χ2n) is 10.3. The zero-order valence-corrected chi connectivity index (χ0v) is 23.1. The molecule has 0 spiro atoms. The SMILES string of the molecule is C[C@H]1COCCN1c1nc(-c2ccc(Nc3nccc(OCc4ccccc4)n3)cc2)nc2c1CCN(CC=O)C2. The van der Waals surface area contributed by atoms with Crippen LogP contribution in [-0.4, -0.2) is 70.0 Å². The third kappa shape index (κ3) is 6.34. The standard InChI is InChI=1S/C31H33N7O3/c1-22-20-40-18-16-38(22)30-26-12-14-37(15-17-39)19-27(26)34-29(36-30)24-7-9-25(10-8-24)33-31-32-13-11-28(35-31)41-21-23-5-3-2-4-6-23/h2-11,13,17,22H,12,14-16,18-21H2,1H3,(H,32,33,35)/t22-/m0/s1. The lowest BCUT2D eigenvalue weighted by atomic mass is 10.0. The Hall–Kier alpha value is -4.41. The first-order valence-electron chi connectivity index (χ1n) is 13.9. The molecule has 1 N–H and O–H groups in total. The van der Waals surface area contributed by atoms with Crippen molar-refractivity contribution in [2.75, 3.05) is 43.1 Å². The van der Waals surface area contributed by atoms with E-state index in [1.807, 2.05) is 54.6 Å². The predicted octanol–water partition coefficient (Wildman–Crippen LogP) is 4.04. The fraction of sp³-hybridized carbons (Fsp3) is 0.323. The summed E-state index contributed by atoms with van der Waals surface area (Å²) in [7, 11) is 0. The minimum Gasteiger partial charge on any atom is -0.473 e. The van der Waals surface area contributed by atoms with Crippen molar-refractivity contribution in [3.8, 4) is 17.3 Å². The van der Waals surface area contributed by atoms with Crippen molar-refractivity contribution in [1.82, 2.24) is 24.8 Å². The Morgan fingerprint density at radius 2 is 1.90 bits per heavy atom. The van der Waals surface area contributed by atoms with Crippen molar-refractivity contribution in [2.45, 2.75) is 32.5 Å². The van der Waals surface area contributed by atoms with Crippen LogP contribution >= 0.6 is 0 Å². The van der Waals surface area contributed by atoms with Crippen LogP contribution in [0.3, 0.4) is 0 Å². The monoisotopic (exact) mass is 551 g/mol. The van der Waals surface area contributed by atoms with Gasteiger partial charge in [0.05, 0.1) is 31.5 Å². The summed E-state index contributed by atoms with van der Waals surface area (Å²) in [5.41, 5.74) is 4.98. The van der Waals surface area contributed by atoms with E-state index in [1.165, 1.54) is 5.56 Å². The summed E-state index contributed by atoms with van der Waals surface area (Å²) >= 11 is 0. The summed E-state index contributed by atoms with van der Waals surface area (Å²) in [5, 5.41) is 3.25. The molecule has 2 aliphatic rings. The van der Waals surface area contributed by atoms with Crippen molar-refractivity contribution in [3.05, 3.63) is 83.7 Å². The molecule has 0 radical (unpaired) electrons. The number of rotatable bonds is 9. The molecule has 1 fully saturated rings. The number of aromatic nitrogens is 4. The summed E-state index contributed by atoms with van der Waals surface area (Å²) in [6.07, 6.45) is 3.45. The molecule has 6 rings (SSSR count). The zero-order valence-electron chi connectivity index (χ0n) is 23.1. The Balaban J connectivity index is 1.21. The van der Waals surface area contributed by atoms with E-state index in [2.05, 4.69) is 32.0 Å². The Bertz CT molecular complexity index is 1480. The molecule has 0 bridgehead atoms. The topological polar surface area (TPSA) is 106 Å². The normalized spacial score (nSPS) is 17.1. The van der Waals surface area contributed by atoms with E-state index in [0.717, 1.165) is 54.1 Å². The lowest BCUT2D eigenvalue weighted by Crippen LogP contribution is -2.45. The molecule has 2 aromatic heterocycles. The molecule has 10 heteroatoms. The molecular formula is C31H33N7O3. The highest BCUT2D eigenvalue weighted by molar-refractivity contribution is 5.65. The Morgan fingerprint density at radius 3 is 2.71 bits per heavy atom. The van der Waals surface area contributed by atoms with Crippen molar-refractivity contribution in [3.63, 3.8) is 0 Å². The first-order chi connectivity index (χ1) is 20.2. The molecule has 41 heavy (non-hydrogen) atoms. The van der Waals surface area contributed by atoms with Crippen LogP contribution in [0.5, 0.6) is 5.88 Å². The molecule has 0 saturated carbocycles. The van der Waals surface area contributed by atoms with Gasteiger partial charge in [-0.1, -0.05) is 30.3 Å². The lowest BCUT2D eigenvalue weighted by Gasteiger charge is -2.37. The number of carbonyl (C=O) groups is 1. The third-order valence-corrected chi connectivity index (χ3v) is 7.35. The number of aldehydes is 1. The van der Waals surface area contributed by atoms with Gasteiger partial charge in [0.1, 0.15) is 18.7 Å². The van der Waals surface area contributed by atoms with Gasteiger partial charge in [0.15, 0.2) is 5.82 Å². The van der Waals surface area contributed by atoms with E-state index >= 15 is 0 Å². The van der Waals surface area contributed by atoms with E-state index in [-0.39, 0.29) is 6.04 Å². The van der Waals surface area contributed by atoms with Crippen LogP contribution in [0.25, 0.3) is 11.4 Å². The maximum Gasteiger partial charge on any atom is 0.230 e. The van der Waals surface area contributed by atoms with Crippen LogP contribution in [0.4, 0.5) is 17.5 Å². The number of hydrogen-bond donors (Lipinski definition) is 1. The summed E-state index contributed by atoms with van der Waals surface area (Å²) in [6.45, 7) is 6.60. The first-order valence-corrected chi connectivity index (χ1v) is 13.9. The molecular weight excluding hydrogens is 518 g/mol. The fourth-order valence-corrected chi connectivity index (χ4v) is 5.18. The van der Waals surface area contributed by atoms with E-state index < -0.39 is 0 Å². The van der Waals surface area contributed by atoms with E-state index in [1.54, 1.807) is 12.3 Å². The summed E-state index contributed by atoms with van der Waals surface area (Å²) in [5.74, 6) is 2.60. The number of morpholine rings is 1. The highest BCUT2D eigenvalue weighted by atomic mass is 16.5. The summed E-state index contributed by atoms with van der Waals surface area (Å²) in [6, 6.07) is 19.9. The van der Waals surface area contributed by atoms with Gasteiger partial charge in [0.25, 0.3) is 0 Å². The number of ether oxygens (including phenoxy) is 2. The van der Waals surface area contributed by atoms with Crippen LogP contribution < -0.4 is 15.0 Å². The lowest BCUT2D eigenvalue weighted by molar-refractivity contribution is -0.109. The molecule has 0 unspecified atom stereocenters. The molecule has 0 aliphatic carbocycles. The molecule has 210 valence electrons. The van der Waals surface area contributed by atoms with Crippen LogP contribution in [0.2, 0.25) is 0 Å². The molecule has 10 nitrogen and oxygen atoms in total. The van der Waals surface area contributed by atoms with Gasteiger partial charge in [-0.25, -0.2) is 15.0 Å². The molecule has 4 aromatic rings. The Labute approximate surface area is 239 Å². The number of fused-ring (bicyclic) bond motifs is 1. The van der Waals surface area contributed by atoms with Crippen molar-refractivity contribution >= 4 is 23.7 Å². The maximum atomic E-state index is 11.2. The zero-order chi connectivity index (χ0) is 28.0. The maximum absolute atomic E-state index is 11.2. The van der Waals surface area contributed by atoms with Gasteiger partial charge in [-0.05, 0) is 43.2 Å². The first kappa shape index (κ1) is 26.8. The second kappa shape index (κ2) is 12.4. The largest absolute Gasteiger partial charge is 0.473 e. The van der Waals surface area contributed by atoms with E-state index in [9.17, 15) is 4.79 Å². The number of benzene rings is 2. The van der Waals surface area contributed by atoms with E-state index in [0.29, 0.717) is 50.6 Å². The minimum absolute atomic E-state index is 0.225. The smallest absolute Gasteiger partial charge is 0.230 e. The van der Waals surface area contributed by atoms with E-state index in [4.69, 9.17) is 19.4 Å². The number of carbonyl (C=O) groups excluding carboxylic acids is 1. The van der Waals surface area contributed by atoms with Crippen LogP contribution in [-0.2, 0) is 29.1 Å². The fourth-order valence-electron chi connectivity index (χ4n) is 5.18. The molecule has 1 saturated heterocycles. The van der Waals surface area contributed by atoms with Gasteiger partial charge < -0.3 is 24.5 Å². The molecule has 2 aliphatic heterocycles. The average Bonchev–Trinajstić information content (AvgIpc) is 3.01. The number of nitrogens with one attached hydrogen (secondary N) is 1. The van der Waals surface area contributed by atoms with Crippen LogP contribution in [0.1, 0.15) is 23.7 Å². The van der Waals surface area contributed by atoms with Gasteiger partial charge in [0, 0.05) is 48.7 Å². The Morgan fingerprint density at radius 1 is 1.05 bits per heavy atom. The molecule has 1 atom stereocenters. The van der Waals surface area contributed by atoms with Crippen LogP contribution in [0, 0.1) is 0 Å². The van der Waals surface area contributed by atoms with Crippen molar-refractivity contribution < 1.29 is 14.3 Å². The predicted molar refractivity (Wildman–Crippen MR) is 156 cm³/mol. The highest BCUT2D eigenvalue weighted by Gasteiger charge is 2.28. The number of hydrogen-bond acceptors (Lipinski definition) is 10. The Kier molecular flexibility index (Phi) is 8.11. The average molecular weight is 552 g/mol. The van der Waals surface area contributed by atoms with Crippen molar-refractivity contribution in [2.24, 2.45) is 0 Å². The van der Waals surface area contributed by atoms with Crippen LogP contribution in [0.15, 0.2) is 66.9 Å². The molecule has 2 aromatic carbocycles. The van der Waals surface area contributed by atoms with Gasteiger partial charge in [-0.15, -0.1) is 0 Å². The molecule has 0 amide bonds. The van der Waals surface area contributed by atoms with Crippen molar-refractivity contribution in [1.29, 1.82) is 0 Å². The quantitative estimate of drug-likeness (QED) is 0.307. The number of anilines is 3. The molecule has 4 heterocycles. The number of nitrogens with zero attached hydrogens (tertiary/aromatic N) is 6. The summed E-state index contributed by atoms with van der Waals surface area (Å²) in [4.78, 5) is 34.5. The van der Waals surface area contributed by atoms with Gasteiger partial charge in [-0.3, -0.25) is 4.90 Å². The van der Waals surface area contributed by atoms with Gasteiger partial charge in [-0.2, -0.15) is 4.98 Å². The van der Waals surface area contributed by atoms with Gasteiger partial charge in [0.2, 0.25) is 11.8 Å².